The van der Waals surface area contributed by atoms with Crippen LogP contribution in [0, 0.1) is 0 Å². The fourth-order valence-corrected chi connectivity index (χ4v) is 2.09. The molecule has 0 aliphatic carbocycles. The number of ether oxygens (including phenoxy) is 1. The van der Waals surface area contributed by atoms with Gasteiger partial charge < -0.3 is 15.2 Å². The minimum atomic E-state index is -0.798. The topological polar surface area (TPSA) is 58.6 Å². The summed E-state index contributed by atoms with van der Waals surface area (Å²) in [6, 6.07) is 0. The van der Waals surface area contributed by atoms with Crippen molar-refractivity contribution in [1.29, 1.82) is 0 Å². The highest BCUT2D eigenvalue weighted by Gasteiger charge is 1.96. The third-order valence-corrected chi connectivity index (χ3v) is 3.34. The molecule has 0 aromatic heterocycles. The largest absolute Gasteiger partial charge is 0.481 e. The van der Waals surface area contributed by atoms with Gasteiger partial charge in [-0.3, -0.25) is 4.79 Å². The third-order valence-electron chi connectivity index (χ3n) is 3.34. The van der Waals surface area contributed by atoms with Gasteiger partial charge in [-0.1, -0.05) is 58.3 Å². The number of nitrogens with one attached hydrogen (secondary N) is 1. The summed E-state index contributed by atoms with van der Waals surface area (Å²) in [7, 11) is 0. The Morgan fingerprint density at radius 1 is 0.900 bits per heavy atom. The maximum absolute atomic E-state index is 10.2. The predicted molar refractivity (Wildman–Crippen MR) is 83.2 cm³/mol. The first-order valence-corrected chi connectivity index (χ1v) is 8.27. The Hall–Kier alpha value is -0.610. The Bertz CT molecular complexity index is 210. The smallest absolute Gasteiger partial charge is 0.305 e. The van der Waals surface area contributed by atoms with Gasteiger partial charge in [-0.15, -0.1) is 0 Å². The first kappa shape index (κ1) is 19.4. The Kier molecular flexibility index (Phi) is 15.9. The summed E-state index contributed by atoms with van der Waals surface area (Å²) in [6.07, 6.45) is 12.3. The van der Waals surface area contributed by atoms with Gasteiger partial charge in [0.25, 0.3) is 0 Å². The molecule has 20 heavy (non-hydrogen) atoms. The second-order valence-electron chi connectivity index (χ2n) is 5.33. The minimum Gasteiger partial charge on any atom is -0.481 e. The van der Waals surface area contributed by atoms with Crippen molar-refractivity contribution in [2.45, 2.75) is 71.1 Å². The van der Waals surface area contributed by atoms with E-state index >= 15 is 0 Å². The molecular weight excluding hydrogens is 254 g/mol. The van der Waals surface area contributed by atoms with Crippen LogP contribution in [-0.2, 0) is 9.53 Å². The maximum atomic E-state index is 10.2. The predicted octanol–water partition coefficient (Wildman–Crippen LogP) is 3.60. The van der Waals surface area contributed by atoms with E-state index < -0.39 is 5.97 Å². The molecule has 0 bridgehead atoms. The number of rotatable bonds is 16. The second kappa shape index (κ2) is 16.4. The van der Waals surface area contributed by atoms with Gasteiger partial charge in [0, 0.05) is 6.54 Å². The SMILES string of the molecule is CCCCCCCCCCCNCCOCCC(=O)O. The number of hydrogen-bond donors (Lipinski definition) is 2. The number of carboxylic acids is 1. The van der Waals surface area contributed by atoms with Gasteiger partial charge in [0.15, 0.2) is 0 Å². The van der Waals surface area contributed by atoms with Crippen LogP contribution in [0.1, 0.15) is 71.1 Å². The monoisotopic (exact) mass is 287 g/mol. The van der Waals surface area contributed by atoms with Crippen LogP contribution in [0.3, 0.4) is 0 Å². The first-order valence-electron chi connectivity index (χ1n) is 8.27. The molecular formula is C16H33NO3. The number of aliphatic carboxylic acids is 1. The fraction of sp³-hybridized carbons (Fsp3) is 0.938. The molecule has 0 aliphatic heterocycles. The lowest BCUT2D eigenvalue weighted by molar-refractivity contribution is -0.138. The summed E-state index contributed by atoms with van der Waals surface area (Å²) in [4.78, 5) is 10.2. The molecule has 4 nitrogen and oxygen atoms in total. The third kappa shape index (κ3) is 17.4. The quantitative estimate of drug-likeness (QED) is 0.426. The van der Waals surface area contributed by atoms with Crippen LogP contribution in [0.5, 0.6) is 0 Å². The molecule has 0 aliphatic rings. The molecule has 0 fully saturated rings. The van der Waals surface area contributed by atoms with E-state index in [1.807, 2.05) is 0 Å². The molecule has 4 heteroatoms. The van der Waals surface area contributed by atoms with Crippen molar-refractivity contribution >= 4 is 5.97 Å². The highest BCUT2D eigenvalue weighted by atomic mass is 16.5. The molecule has 0 saturated heterocycles. The highest BCUT2D eigenvalue weighted by Crippen LogP contribution is 2.09. The molecule has 0 radical (unpaired) electrons. The maximum Gasteiger partial charge on any atom is 0.305 e. The Balaban J connectivity index is 2.94. The van der Waals surface area contributed by atoms with E-state index in [2.05, 4.69) is 12.2 Å². The van der Waals surface area contributed by atoms with E-state index in [0.29, 0.717) is 13.2 Å². The number of unbranched alkanes of at least 4 members (excludes halogenated alkanes) is 8. The van der Waals surface area contributed by atoms with E-state index in [0.717, 1.165) is 13.1 Å². The lowest BCUT2D eigenvalue weighted by atomic mass is 10.1. The zero-order chi connectivity index (χ0) is 14.9. The van der Waals surface area contributed by atoms with Crippen molar-refractivity contribution in [2.75, 3.05) is 26.3 Å². The van der Waals surface area contributed by atoms with Gasteiger partial charge in [-0.05, 0) is 13.0 Å². The lowest BCUT2D eigenvalue weighted by Crippen LogP contribution is -2.21. The molecule has 0 rings (SSSR count). The van der Waals surface area contributed by atoms with Crippen LogP contribution in [0.15, 0.2) is 0 Å². The van der Waals surface area contributed by atoms with Crippen molar-refractivity contribution in [3.63, 3.8) is 0 Å². The Morgan fingerprint density at radius 2 is 1.50 bits per heavy atom. The van der Waals surface area contributed by atoms with E-state index in [-0.39, 0.29) is 6.42 Å². The number of carboxylic acid groups (broad SMARTS) is 1. The average molecular weight is 287 g/mol. The normalized spacial score (nSPS) is 10.8. The molecule has 0 spiro atoms. The summed E-state index contributed by atoms with van der Waals surface area (Å²) in [5.74, 6) is -0.798. The van der Waals surface area contributed by atoms with E-state index in [1.54, 1.807) is 0 Å². The summed E-state index contributed by atoms with van der Waals surface area (Å²) >= 11 is 0. The molecule has 0 aromatic rings. The Morgan fingerprint density at radius 3 is 2.10 bits per heavy atom. The van der Waals surface area contributed by atoms with Crippen molar-refractivity contribution in [3.05, 3.63) is 0 Å². The molecule has 120 valence electrons. The van der Waals surface area contributed by atoms with Crippen molar-refractivity contribution in [1.82, 2.24) is 5.32 Å². The fourth-order valence-electron chi connectivity index (χ4n) is 2.09. The van der Waals surface area contributed by atoms with Crippen molar-refractivity contribution < 1.29 is 14.6 Å². The molecule has 2 N–H and O–H groups in total. The van der Waals surface area contributed by atoms with Gasteiger partial charge in [0.1, 0.15) is 0 Å². The number of hydrogen-bond acceptors (Lipinski definition) is 3. The van der Waals surface area contributed by atoms with Gasteiger partial charge >= 0.3 is 5.97 Å². The standard InChI is InChI=1S/C16H33NO3/c1-2-3-4-5-6-7-8-9-10-12-17-13-15-20-14-11-16(18)19/h17H,2-15H2,1H3,(H,18,19). The molecule has 0 aromatic carbocycles. The van der Waals surface area contributed by atoms with E-state index in [9.17, 15) is 4.79 Å². The molecule has 0 atom stereocenters. The molecule has 0 unspecified atom stereocenters. The highest BCUT2D eigenvalue weighted by molar-refractivity contribution is 5.66. The zero-order valence-electron chi connectivity index (χ0n) is 13.2. The van der Waals surface area contributed by atoms with E-state index in [4.69, 9.17) is 9.84 Å². The molecule has 0 amide bonds. The van der Waals surface area contributed by atoms with Crippen LogP contribution in [-0.4, -0.2) is 37.4 Å². The van der Waals surface area contributed by atoms with Crippen molar-refractivity contribution in [2.24, 2.45) is 0 Å². The average Bonchev–Trinajstić information content (AvgIpc) is 2.43. The van der Waals surface area contributed by atoms with Crippen LogP contribution in [0.25, 0.3) is 0 Å². The summed E-state index contributed by atoms with van der Waals surface area (Å²) in [6.45, 7) is 5.03. The van der Waals surface area contributed by atoms with Crippen LogP contribution < -0.4 is 5.32 Å². The van der Waals surface area contributed by atoms with Gasteiger partial charge in [-0.2, -0.15) is 0 Å². The van der Waals surface area contributed by atoms with Crippen LogP contribution in [0.4, 0.5) is 0 Å². The lowest BCUT2D eigenvalue weighted by Gasteiger charge is -2.05. The summed E-state index contributed by atoms with van der Waals surface area (Å²) in [5.41, 5.74) is 0. The van der Waals surface area contributed by atoms with Gasteiger partial charge in [0.05, 0.1) is 19.6 Å². The van der Waals surface area contributed by atoms with Gasteiger partial charge in [-0.25, -0.2) is 0 Å². The molecule has 0 heterocycles. The second-order valence-corrected chi connectivity index (χ2v) is 5.33. The van der Waals surface area contributed by atoms with Crippen LogP contribution >= 0.6 is 0 Å². The summed E-state index contributed by atoms with van der Waals surface area (Å²) in [5, 5.41) is 11.7. The molecule has 0 saturated carbocycles. The van der Waals surface area contributed by atoms with Crippen molar-refractivity contribution in [3.8, 4) is 0 Å². The van der Waals surface area contributed by atoms with E-state index in [1.165, 1.54) is 57.8 Å². The zero-order valence-corrected chi connectivity index (χ0v) is 13.2. The number of carbonyl (C=O) groups is 1. The minimum absolute atomic E-state index is 0.0955. The first-order chi connectivity index (χ1) is 9.77. The van der Waals surface area contributed by atoms with Crippen LogP contribution in [0.2, 0.25) is 0 Å². The summed E-state index contributed by atoms with van der Waals surface area (Å²) < 4.78 is 5.19. The van der Waals surface area contributed by atoms with Gasteiger partial charge in [0.2, 0.25) is 0 Å². The Labute approximate surface area is 124 Å².